The summed E-state index contributed by atoms with van der Waals surface area (Å²) in [6, 6.07) is 12.7. The molecule has 2 amide bonds. The van der Waals surface area contributed by atoms with E-state index in [9.17, 15) is 14.4 Å². The second-order valence-corrected chi connectivity index (χ2v) is 5.71. The molecule has 0 bridgehead atoms. The zero-order valence-electron chi connectivity index (χ0n) is 14.4. The molecule has 7 nitrogen and oxygen atoms in total. The third-order valence-corrected chi connectivity index (χ3v) is 4.13. The summed E-state index contributed by atoms with van der Waals surface area (Å²) in [5.41, 5.74) is 1.09. The molecule has 1 unspecified atom stereocenters. The monoisotopic (exact) mass is 354 g/mol. The lowest BCUT2D eigenvalue weighted by Crippen LogP contribution is -2.35. The quantitative estimate of drug-likeness (QED) is 0.655. The van der Waals surface area contributed by atoms with E-state index in [2.05, 4.69) is 5.32 Å². The van der Waals surface area contributed by atoms with Crippen LogP contribution in [0, 0.1) is 0 Å². The van der Waals surface area contributed by atoms with Crippen molar-refractivity contribution in [2.45, 2.75) is 12.5 Å². The molecular weight excluding hydrogens is 336 g/mol. The summed E-state index contributed by atoms with van der Waals surface area (Å²) in [6.07, 6.45) is 0.000367. The number of anilines is 2. The third-order valence-electron chi connectivity index (χ3n) is 4.13. The Bertz CT molecular complexity index is 847. The molecular formula is C19H18N2O5. The minimum absolute atomic E-state index is 0.000367. The van der Waals surface area contributed by atoms with Gasteiger partial charge < -0.3 is 14.8 Å². The maximum Gasteiger partial charge on any atom is 0.339 e. The number of rotatable bonds is 5. The molecule has 1 fully saturated rings. The molecule has 1 aliphatic rings. The number of imide groups is 1. The van der Waals surface area contributed by atoms with Gasteiger partial charge in [-0.2, -0.15) is 0 Å². The molecule has 2 aromatic carbocycles. The van der Waals surface area contributed by atoms with Gasteiger partial charge in [-0.05, 0) is 36.4 Å². The maximum absolute atomic E-state index is 12.8. The number of methoxy groups -OCH3 is 2. The number of hydrogen-bond donors (Lipinski definition) is 1. The van der Waals surface area contributed by atoms with Crippen molar-refractivity contribution in [2.24, 2.45) is 0 Å². The van der Waals surface area contributed by atoms with E-state index < -0.39 is 17.9 Å². The molecule has 0 aliphatic carbocycles. The molecule has 1 N–H and O–H groups in total. The highest BCUT2D eigenvalue weighted by atomic mass is 16.5. The number of nitrogens with zero attached hydrogens (tertiary/aromatic N) is 1. The van der Waals surface area contributed by atoms with Gasteiger partial charge in [-0.1, -0.05) is 12.1 Å². The van der Waals surface area contributed by atoms with Crippen LogP contribution in [-0.2, 0) is 14.3 Å². The summed E-state index contributed by atoms with van der Waals surface area (Å²) >= 11 is 0. The summed E-state index contributed by atoms with van der Waals surface area (Å²) in [4.78, 5) is 38.2. The summed E-state index contributed by atoms with van der Waals surface area (Å²) < 4.78 is 9.83. The van der Waals surface area contributed by atoms with Crippen molar-refractivity contribution in [3.8, 4) is 5.75 Å². The molecule has 2 aromatic rings. The van der Waals surface area contributed by atoms with Crippen LogP contribution in [0.2, 0.25) is 0 Å². The lowest BCUT2D eigenvalue weighted by molar-refractivity contribution is -0.121. The number of benzene rings is 2. The Morgan fingerprint density at radius 3 is 2.42 bits per heavy atom. The van der Waals surface area contributed by atoms with Gasteiger partial charge in [-0.3, -0.25) is 9.59 Å². The van der Waals surface area contributed by atoms with Gasteiger partial charge in [-0.15, -0.1) is 0 Å². The van der Waals surface area contributed by atoms with Crippen molar-refractivity contribution in [2.75, 3.05) is 24.4 Å². The van der Waals surface area contributed by atoms with Crippen molar-refractivity contribution < 1.29 is 23.9 Å². The molecule has 26 heavy (non-hydrogen) atoms. The average molecular weight is 354 g/mol. The highest BCUT2D eigenvalue weighted by Crippen LogP contribution is 2.28. The van der Waals surface area contributed by atoms with Gasteiger partial charge in [-0.25, -0.2) is 9.69 Å². The van der Waals surface area contributed by atoms with E-state index in [1.165, 1.54) is 13.2 Å². The number of amides is 2. The number of para-hydroxylation sites is 1. The zero-order chi connectivity index (χ0) is 18.7. The maximum atomic E-state index is 12.8. The Hall–Kier alpha value is -3.35. The Morgan fingerprint density at radius 2 is 1.77 bits per heavy atom. The minimum atomic E-state index is -0.707. The van der Waals surface area contributed by atoms with E-state index in [0.717, 1.165) is 4.90 Å². The average Bonchev–Trinajstić information content (AvgIpc) is 2.95. The summed E-state index contributed by atoms with van der Waals surface area (Å²) in [7, 11) is 2.82. The highest BCUT2D eigenvalue weighted by Gasteiger charge is 2.41. The van der Waals surface area contributed by atoms with Crippen LogP contribution in [0.25, 0.3) is 0 Å². The molecule has 1 atom stereocenters. The van der Waals surface area contributed by atoms with Crippen LogP contribution in [0.15, 0.2) is 48.5 Å². The van der Waals surface area contributed by atoms with Gasteiger partial charge in [0.05, 0.1) is 31.9 Å². The van der Waals surface area contributed by atoms with Crippen LogP contribution in [0.3, 0.4) is 0 Å². The number of carbonyl (C=O) groups excluding carboxylic acids is 3. The van der Waals surface area contributed by atoms with E-state index in [-0.39, 0.29) is 23.6 Å². The van der Waals surface area contributed by atoms with E-state index >= 15 is 0 Å². The Labute approximate surface area is 150 Å². The van der Waals surface area contributed by atoms with Gasteiger partial charge in [0.15, 0.2) is 0 Å². The van der Waals surface area contributed by atoms with Gasteiger partial charge >= 0.3 is 5.97 Å². The summed E-state index contributed by atoms with van der Waals surface area (Å²) in [5, 5.41) is 3.05. The van der Waals surface area contributed by atoms with E-state index in [4.69, 9.17) is 9.47 Å². The van der Waals surface area contributed by atoms with Crippen LogP contribution in [0.4, 0.5) is 11.4 Å². The predicted molar refractivity (Wildman–Crippen MR) is 95.3 cm³/mol. The smallest absolute Gasteiger partial charge is 0.339 e. The summed E-state index contributed by atoms with van der Waals surface area (Å²) in [5.74, 6) is -0.703. The molecule has 7 heteroatoms. The van der Waals surface area contributed by atoms with Crippen LogP contribution >= 0.6 is 0 Å². The number of hydrogen-bond acceptors (Lipinski definition) is 6. The first-order chi connectivity index (χ1) is 12.5. The van der Waals surface area contributed by atoms with Gasteiger partial charge in [0, 0.05) is 5.69 Å². The first kappa shape index (κ1) is 17.5. The van der Waals surface area contributed by atoms with Crippen molar-refractivity contribution in [3.05, 3.63) is 54.1 Å². The lowest BCUT2D eigenvalue weighted by Gasteiger charge is -2.18. The molecule has 0 saturated carbocycles. The third kappa shape index (κ3) is 3.23. The fourth-order valence-electron chi connectivity index (χ4n) is 2.84. The van der Waals surface area contributed by atoms with Crippen LogP contribution in [0.5, 0.6) is 5.75 Å². The fourth-order valence-corrected chi connectivity index (χ4v) is 2.84. The van der Waals surface area contributed by atoms with Gasteiger partial charge in [0.1, 0.15) is 11.8 Å². The first-order valence-corrected chi connectivity index (χ1v) is 8.00. The number of esters is 1. The van der Waals surface area contributed by atoms with Crippen molar-refractivity contribution in [3.63, 3.8) is 0 Å². The molecule has 0 spiro atoms. The largest absolute Gasteiger partial charge is 0.497 e. The van der Waals surface area contributed by atoms with Gasteiger partial charge in [0.25, 0.3) is 5.91 Å². The first-order valence-electron chi connectivity index (χ1n) is 8.00. The second kappa shape index (κ2) is 7.26. The normalized spacial score (nSPS) is 16.5. The van der Waals surface area contributed by atoms with Crippen molar-refractivity contribution in [1.82, 2.24) is 0 Å². The van der Waals surface area contributed by atoms with Gasteiger partial charge in [0.2, 0.25) is 5.91 Å². The standard InChI is InChI=1S/C19H18N2O5/c1-25-13-9-7-12(8-10-13)20-15-11-17(22)21(18(15)23)16-6-4-3-5-14(16)19(24)26-2/h3-10,15,20H,11H2,1-2H3. The minimum Gasteiger partial charge on any atom is -0.497 e. The predicted octanol–water partition coefficient (Wildman–Crippen LogP) is 2.23. The molecule has 0 radical (unpaired) electrons. The molecule has 1 saturated heterocycles. The molecule has 1 aliphatic heterocycles. The number of nitrogens with one attached hydrogen (secondary N) is 1. The SMILES string of the molecule is COC(=O)c1ccccc1N1C(=O)CC(Nc2ccc(OC)cc2)C1=O. The lowest BCUT2D eigenvalue weighted by atomic mass is 10.1. The van der Waals surface area contributed by atoms with Crippen molar-refractivity contribution >= 4 is 29.2 Å². The molecule has 1 heterocycles. The molecule has 3 rings (SSSR count). The van der Waals surface area contributed by atoms with Crippen LogP contribution < -0.4 is 15.0 Å². The Kier molecular flexibility index (Phi) is 4.88. The molecule has 134 valence electrons. The van der Waals surface area contributed by atoms with E-state index in [0.29, 0.717) is 11.4 Å². The highest BCUT2D eigenvalue weighted by molar-refractivity contribution is 6.24. The number of ether oxygens (including phenoxy) is 2. The van der Waals surface area contributed by atoms with Crippen LogP contribution in [0.1, 0.15) is 16.8 Å². The molecule has 0 aromatic heterocycles. The topological polar surface area (TPSA) is 84.9 Å². The number of carbonyl (C=O) groups is 3. The Balaban J connectivity index is 1.84. The Morgan fingerprint density at radius 1 is 1.08 bits per heavy atom. The second-order valence-electron chi connectivity index (χ2n) is 5.71. The van der Waals surface area contributed by atoms with E-state index in [1.54, 1.807) is 49.6 Å². The summed E-state index contributed by atoms with van der Waals surface area (Å²) in [6.45, 7) is 0. The van der Waals surface area contributed by atoms with E-state index in [1.807, 2.05) is 0 Å². The van der Waals surface area contributed by atoms with Crippen molar-refractivity contribution in [1.29, 1.82) is 0 Å². The fraction of sp³-hybridized carbons (Fsp3) is 0.211. The van der Waals surface area contributed by atoms with Crippen LogP contribution in [-0.4, -0.2) is 38.0 Å². The zero-order valence-corrected chi connectivity index (χ0v) is 14.4.